The molecule has 0 radical (unpaired) electrons. The molecule has 1 aliphatic rings. The predicted octanol–water partition coefficient (Wildman–Crippen LogP) is 4.17. The van der Waals surface area contributed by atoms with Gasteiger partial charge in [-0.2, -0.15) is 0 Å². The third kappa shape index (κ3) is 4.74. The van der Waals surface area contributed by atoms with Crippen molar-refractivity contribution in [2.24, 2.45) is 0 Å². The average Bonchev–Trinajstić information content (AvgIpc) is 2.59. The summed E-state index contributed by atoms with van der Waals surface area (Å²) in [6.07, 6.45) is 0. The summed E-state index contributed by atoms with van der Waals surface area (Å²) in [5.41, 5.74) is 1.30. The lowest BCUT2D eigenvalue weighted by atomic mass is 10.1. The van der Waals surface area contributed by atoms with Crippen molar-refractivity contribution in [2.75, 3.05) is 19.7 Å². The summed E-state index contributed by atoms with van der Waals surface area (Å²) < 4.78 is 11.5. The number of carbonyl (C=O) groups excluding carboxylic acids is 1. The molecule has 0 unspecified atom stereocenters. The van der Waals surface area contributed by atoms with Gasteiger partial charge in [0.1, 0.15) is 12.4 Å². The Hall–Kier alpha value is -2.04. The van der Waals surface area contributed by atoms with E-state index in [1.165, 1.54) is 0 Å². The molecule has 4 nitrogen and oxygen atoms in total. The number of nitrogens with zero attached hydrogens (tertiary/aromatic N) is 1. The molecule has 5 heteroatoms. The van der Waals surface area contributed by atoms with Crippen molar-refractivity contribution >= 4 is 17.5 Å². The van der Waals surface area contributed by atoms with Crippen molar-refractivity contribution in [1.29, 1.82) is 0 Å². The van der Waals surface area contributed by atoms with Crippen LogP contribution in [0.25, 0.3) is 0 Å². The van der Waals surface area contributed by atoms with Crippen LogP contribution >= 0.6 is 11.6 Å². The molecule has 1 fully saturated rings. The molecule has 1 amide bonds. The highest BCUT2D eigenvalue weighted by Gasteiger charge is 2.30. The first-order chi connectivity index (χ1) is 11.9. The monoisotopic (exact) mass is 359 g/mol. The van der Waals surface area contributed by atoms with Gasteiger partial charge in [0, 0.05) is 23.7 Å². The topological polar surface area (TPSA) is 38.8 Å². The third-order valence-electron chi connectivity index (χ3n) is 4.09. The molecule has 2 aromatic rings. The van der Waals surface area contributed by atoms with Crippen LogP contribution in [0.3, 0.4) is 0 Å². The van der Waals surface area contributed by atoms with Gasteiger partial charge in [0.25, 0.3) is 5.91 Å². The van der Waals surface area contributed by atoms with E-state index in [9.17, 15) is 4.79 Å². The first-order valence-corrected chi connectivity index (χ1v) is 8.71. The summed E-state index contributed by atoms with van der Waals surface area (Å²) in [6.45, 7) is 6.15. The summed E-state index contributed by atoms with van der Waals surface area (Å²) >= 11 is 5.99. The number of amides is 1. The summed E-state index contributed by atoms with van der Waals surface area (Å²) in [6, 6.07) is 14.8. The van der Waals surface area contributed by atoms with Crippen molar-refractivity contribution < 1.29 is 14.3 Å². The van der Waals surface area contributed by atoms with Gasteiger partial charge in [-0.05, 0) is 49.7 Å². The molecule has 0 aromatic heterocycles. The SMILES string of the molecule is CC1(C)CN(C(=O)c2cccc(OCc3cccc(Cl)c3)c2)CCO1. The minimum absolute atomic E-state index is 0.00424. The van der Waals surface area contributed by atoms with Gasteiger partial charge in [-0.15, -0.1) is 0 Å². The van der Waals surface area contributed by atoms with E-state index in [1.54, 1.807) is 6.07 Å². The number of carbonyl (C=O) groups is 1. The highest BCUT2D eigenvalue weighted by molar-refractivity contribution is 6.30. The number of halogens is 1. The number of ether oxygens (including phenoxy) is 2. The van der Waals surface area contributed by atoms with E-state index in [0.29, 0.717) is 42.6 Å². The molecule has 3 rings (SSSR count). The van der Waals surface area contributed by atoms with Gasteiger partial charge >= 0.3 is 0 Å². The molecule has 25 heavy (non-hydrogen) atoms. The lowest BCUT2D eigenvalue weighted by Crippen LogP contribution is -2.50. The second-order valence-electron chi connectivity index (χ2n) is 6.78. The van der Waals surface area contributed by atoms with Gasteiger partial charge in [0.05, 0.1) is 12.2 Å². The zero-order valence-corrected chi connectivity index (χ0v) is 15.3. The van der Waals surface area contributed by atoms with E-state index in [2.05, 4.69) is 0 Å². The maximum atomic E-state index is 12.8. The molecular weight excluding hydrogens is 338 g/mol. The quantitative estimate of drug-likeness (QED) is 0.822. The van der Waals surface area contributed by atoms with Crippen molar-refractivity contribution in [1.82, 2.24) is 4.90 Å². The summed E-state index contributed by atoms with van der Waals surface area (Å²) in [5, 5.41) is 0.681. The van der Waals surface area contributed by atoms with Crippen LogP contribution in [0.5, 0.6) is 5.75 Å². The molecular formula is C20H22ClNO3. The number of benzene rings is 2. The van der Waals surface area contributed by atoms with Crippen LogP contribution in [-0.2, 0) is 11.3 Å². The average molecular weight is 360 g/mol. The molecule has 0 spiro atoms. The van der Waals surface area contributed by atoms with Crippen molar-refractivity contribution in [2.45, 2.75) is 26.1 Å². The molecule has 1 aliphatic heterocycles. The molecule has 0 bridgehead atoms. The number of hydrogen-bond donors (Lipinski definition) is 0. The molecule has 0 saturated carbocycles. The molecule has 0 atom stereocenters. The fraction of sp³-hybridized carbons (Fsp3) is 0.350. The van der Waals surface area contributed by atoms with E-state index in [0.717, 1.165) is 5.56 Å². The predicted molar refractivity (Wildman–Crippen MR) is 98.2 cm³/mol. The first kappa shape index (κ1) is 17.8. The summed E-state index contributed by atoms with van der Waals surface area (Å²) in [4.78, 5) is 14.6. The van der Waals surface area contributed by atoms with Crippen LogP contribution in [0.1, 0.15) is 29.8 Å². The Labute approximate surface area is 153 Å². The Morgan fingerprint density at radius 3 is 2.80 bits per heavy atom. The second-order valence-corrected chi connectivity index (χ2v) is 7.22. The maximum absolute atomic E-state index is 12.8. The van der Waals surface area contributed by atoms with Crippen molar-refractivity contribution in [3.05, 3.63) is 64.7 Å². The lowest BCUT2D eigenvalue weighted by molar-refractivity contribution is -0.0764. The molecule has 1 heterocycles. The standard InChI is InChI=1S/C20H22ClNO3/c1-20(2)14-22(9-10-25-20)19(23)16-6-4-8-18(12-16)24-13-15-5-3-7-17(21)11-15/h3-8,11-12H,9-10,13-14H2,1-2H3. The largest absolute Gasteiger partial charge is 0.489 e. The Morgan fingerprint density at radius 1 is 1.24 bits per heavy atom. The molecule has 1 saturated heterocycles. The van der Waals surface area contributed by atoms with Gasteiger partial charge in [-0.1, -0.05) is 29.8 Å². The van der Waals surface area contributed by atoms with Gasteiger partial charge < -0.3 is 14.4 Å². The van der Waals surface area contributed by atoms with E-state index in [-0.39, 0.29) is 11.5 Å². The summed E-state index contributed by atoms with van der Waals surface area (Å²) in [7, 11) is 0. The molecule has 0 N–H and O–H groups in total. The Balaban J connectivity index is 1.67. The van der Waals surface area contributed by atoms with E-state index in [1.807, 2.05) is 61.2 Å². The van der Waals surface area contributed by atoms with Gasteiger partial charge in [-0.25, -0.2) is 0 Å². The van der Waals surface area contributed by atoms with Crippen LogP contribution in [0, 0.1) is 0 Å². The van der Waals surface area contributed by atoms with Crippen molar-refractivity contribution in [3.63, 3.8) is 0 Å². The smallest absolute Gasteiger partial charge is 0.254 e. The fourth-order valence-corrected chi connectivity index (χ4v) is 3.10. The fourth-order valence-electron chi connectivity index (χ4n) is 2.88. The van der Waals surface area contributed by atoms with Crippen LogP contribution < -0.4 is 4.74 Å². The molecule has 132 valence electrons. The Morgan fingerprint density at radius 2 is 2.04 bits per heavy atom. The Bertz CT molecular complexity index is 760. The van der Waals surface area contributed by atoms with E-state index >= 15 is 0 Å². The molecule has 0 aliphatic carbocycles. The highest BCUT2D eigenvalue weighted by atomic mass is 35.5. The number of rotatable bonds is 4. The van der Waals surface area contributed by atoms with Gasteiger partial charge in [0.15, 0.2) is 0 Å². The van der Waals surface area contributed by atoms with Crippen LogP contribution in [0.2, 0.25) is 5.02 Å². The normalized spacial score (nSPS) is 16.5. The van der Waals surface area contributed by atoms with E-state index < -0.39 is 0 Å². The zero-order valence-electron chi connectivity index (χ0n) is 14.5. The maximum Gasteiger partial charge on any atom is 0.254 e. The summed E-state index contributed by atoms with van der Waals surface area (Å²) in [5.74, 6) is 0.669. The van der Waals surface area contributed by atoms with Crippen LogP contribution in [-0.4, -0.2) is 36.1 Å². The zero-order chi connectivity index (χ0) is 17.9. The number of hydrogen-bond acceptors (Lipinski definition) is 3. The second kappa shape index (κ2) is 7.46. The minimum atomic E-state index is -0.311. The van der Waals surface area contributed by atoms with Gasteiger partial charge in [0.2, 0.25) is 0 Å². The first-order valence-electron chi connectivity index (χ1n) is 8.33. The Kier molecular flexibility index (Phi) is 5.30. The third-order valence-corrected chi connectivity index (χ3v) is 4.32. The molecule has 2 aromatic carbocycles. The van der Waals surface area contributed by atoms with Crippen LogP contribution in [0.4, 0.5) is 0 Å². The lowest BCUT2D eigenvalue weighted by Gasteiger charge is -2.38. The highest BCUT2D eigenvalue weighted by Crippen LogP contribution is 2.21. The van der Waals surface area contributed by atoms with E-state index in [4.69, 9.17) is 21.1 Å². The van der Waals surface area contributed by atoms with Crippen molar-refractivity contribution in [3.8, 4) is 5.75 Å². The van der Waals surface area contributed by atoms with Gasteiger partial charge in [-0.3, -0.25) is 4.79 Å². The number of morpholine rings is 1. The van der Waals surface area contributed by atoms with Crippen LogP contribution in [0.15, 0.2) is 48.5 Å². The minimum Gasteiger partial charge on any atom is -0.489 e.